The van der Waals surface area contributed by atoms with Gasteiger partial charge in [-0.2, -0.15) is 4.39 Å². The number of hydrogen-bond donors (Lipinski definition) is 4. The molecule has 1 unspecified atom stereocenters. The highest BCUT2D eigenvalue weighted by atomic mass is 32.2. The number of thioether (sulfide) groups is 2. The van der Waals surface area contributed by atoms with Crippen LogP contribution in [-0.2, 0) is 19.2 Å². The first kappa shape index (κ1) is 24.0. The summed E-state index contributed by atoms with van der Waals surface area (Å²) in [5.74, 6) is -3.52. The molecule has 0 spiro atoms. The summed E-state index contributed by atoms with van der Waals surface area (Å²) in [6, 6.07) is -1.11. The van der Waals surface area contributed by atoms with Gasteiger partial charge in [-0.3, -0.25) is 14.5 Å². The molecule has 1 aromatic heterocycles. The van der Waals surface area contributed by atoms with E-state index in [1.54, 1.807) is 0 Å². The van der Waals surface area contributed by atoms with Crippen LogP contribution in [0.5, 0.6) is 0 Å². The molecule has 0 aromatic carbocycles. The second-order valence-electron chi connectivity index (χ2n) is 6.12. The average Bonchev–Trinajstić information content (AvgIpc) is 3.10. The summed E-state index contributed by atoms with van der Waals surface area (Å²) >= 11 is 2.49. The van der Waals surface area contributed by atoms with Gasteiger partial charge in [-0.25, -0.2) is 14.2 Å². The molecule has 16 heteroatoms. The van der Waals surface area contributed by atoms with Gasteiger partial charge < -0.3 is 26.7 Å². The van der Waals surface area contributed by atoms with Crippen molar-refractivity contribution in [3.63, 3.8) is 0 Å². The Bertz CT molecular complexity index is 1060. The Kier molecular flexibility index (Phi) is 7.37. The van der Waals surface area contributed by atoms with Crippen molar-refractivity contribution in [1.29, 1.82) is 0 Å². The zero-order valence-corrected chi connectivity index (χ0v) is 18.7. The Hall–Kier alpha value is -2.69. The Morgan fingerprint density at radius 3 is 2.81 bits per heavy atom. The van der Waals surface area contributed by atoms with Crippen LogP contribution in [0.25, 0.3) is 0 Å². The summed E-state index contributed by atoms with van der Waals surface area (Å²) < 4.78 is 27.4. The van der Waals surface area contributed by atoms with Crippen LogP contribution < -0.4 is 16.8 Å². The monoisotopic (exact) mass is 506 g/mol. The molecule has 1 aromatic rings. The molecular weight excluding hydrogens is 490 g/mol. The van der Waals surface area contributed by atoms with Crippen LogP contribution in [0.4, 0.5) is 13.9 Å². The smallest absolute Gasteiger partial charge is 0.353 e. The summed E-state index contributed by atoms with van der Waals surface area (Å²) in [5, 5.41) is 14.8. The standard InChI is InChI=1S/C16H16F2N6O5S3/c1-29-23-8(7-11(18)32-16(20)22-7)12(25)21-9-13(26)24-10(15(27)28)6(4-31-14(9)24)30-3-5(17)2-19/h3,9,14H,2,4,19H2,1H3,(H2,20,22)(H,21,25)(H,27,28)/b5-3-,23-8-/t9?,14-/m1/s1. The molecular formula is C16H16F2N6O5S3. The van der Waals surface area contributed by atoms with Crippen LogP contribution in [0.2, 0.25) is 0 Å². The number of aromatic nitrogens is 1. The molecule has 1 fully saturated rings. The van der Waals surface area contributed by atoms with Crippen molar-refractivity contribution >= 4 is 63.5 Å². The number of nitrogens with two attached hydrogens (primary N) is 2. The van der Waals surface area contributed by atoms with E-state index in [-0.39, 0.29) is 28.0 Å². The van der Waals surface area contributed by atoms with Gasteiger partial charge in [0.25, 0.3) is 11.8 Å². The van der Waals surface area contributed by atoms with Crippen molar-refractivity contribution in [2.24, 2.45) is 10.9 Å². The summed E-state index contributed by atoms with van der Waals surface area (Å²) in [6.07, 6.45) is 0. The first-order valence-corrected chi connectivity index (χ1v) is 11.4. The number of amides is 2. The van der Waals surface area contributed by atoms with Crippen LogP contribution in [-0.4, -0.2) is 69.3 Å². The van der Waals surface area contributed by atoms with Crippen molar-refractivity contribution in [3.8, 4) is 0 Å². The first-order chi connectivity index (χ1) is 15.2. The molecule has 172 valence electrons. The number of nitrogen functional groups attached to an aromatic ring is 1. The SMILES string of the molecule is CO/N=C(\C(=O)NC1C(=O)N2C(C(=O)O)=C(S/C=C(\F)CN)CS[C@H]12)c1nc(N)sc1F. The van der Waals surface area contributed by atoms with Gasteiger partial charge in [0.1, 0.15) is 35.7 Å². The van der Waals surface area contributed by atoms with E-state index in [0.717, 1.165) is 29.2 Å². The van der Waals surface area contributed by atoms with Gasteiger partial charge >= 0.3 is 5.97 Å². The third-order valence-electron chi connectivity index (χ3n) is 4.17. The number of fused-ring (bicyclic) bond motifs is 1. The predicted octanol–water partition coefficient (Wildman–Crippen LogP) is 0.414. The maximum absolute atomic E-state index is 14.0. The fourth-order valence-electron chi connectivity index (χ4n) is 2.82. The van der Waals surface area contributed by atoms with Gasteiger partial charge in [0, 0.05) is 22.6 Å². The van der Waals surface area contributed by atoms with Crippen molar-refractivity contribution in [3.05, 3.63) is 32.7 Å². The fourth-order valence-corrected chi connectivity index (χ4v) is 5.71. The summed E-state index contributed by atoms with van der Waals surface area (Å²) in [5.41, 5.74) is 9.35. The van der Waals surface area contributed by atoms with Crippen molar-refractivity contribution in [2.75, 3.05) is 25.1 Å². The minimum Gasteiger partial charge on any atom is -0.477 e. The van der Waals surface area contributed by atoms with E-state index in [1.807, 2.05) is 0 Å². The second-order valence-corrected chi connectivity index (χ2v) is 9.17. The molecule has 2 aliphatic heterocycles. The zero-order chi connectivity index (χ0) is 23.6. The maximum Gasteiger partial charge on any atom is 0.353 e. The Labute approximate surface area is 191 Å². The van der Waals surface area contributed by atoms with E-state index in [1.165, 1.54) is 11.8 Å². The Morgan fingerprint density at radius 1 is 1.53 bits per heavy atom. The number of carboxylic acid groups (broad SMARTS) is 1. The van der Waals surface area contributed by atoms with Gasteiger partial charge in [-0.1, -0.05) is 28.3 Å². The normalized spacial score (nSPS) is 21.2. The lowest BCUT2D eigenvalue weighted by atomic mass is 10.0. The quantitative estimate of drug-likeness (QED) is 0.220. The highest BCUT2D eigenvalue weighted by Gasteiger charge is 2.54. The van der Waals surface area contributed by atoms with Crippen LogP contribution in [0, 0.1) is 5.13 Å². The largest absolute Gasteiger partial charge is 0.477 e. The first-order valence-electron chi connectivity index (χ1n) is 8.66. The second kappa shape index (κ2) is 9.85. The lowest BCUT2D eigenvalue weighted by Gasteiger charge is -2.49. The van der Waals surface area contributed by atoms with Gasteiger partial charge in [-0.05, 0) is 0 Å². The number of halogens is 2. The lowest BCUT2D eigenvalue weighted by molar-refractivity contribution is -0.150. The van der Waals surface area contributed by atoms with Gasteiger partial charge in [0.2, 0.25) is 5.13 Å². The molecule has 3 heterocycles. The number of β-lactam (4-membered cyclic amide) rings is 1. The number of rotatable bonds is 8. The van der Waals surface area contributed by atoms with Gasteiger partial charge in [-0.15, -0.1) is 11.8 Å². The fraction of sp³-hybridized carbons (Fsp3) is 0.312. The van der Waals surface area contributed by atoms with Crippen LogP contribution >= 0.6 is 34.9 Å². The molecule has 1 saturated heterocycles. The number of oxime groups is 1. The molecule has 2 amide bonds. The minimum absolute atomic E-state index is 0.135. The third kappa shape index (κ3) is 4.57. The number of carbonyl (C=O) groups is 3. The van der Waals surface area contributed by atoms with E-state index in [2.05, 4.69) is 20.3 Å². The molecule has 6 N–H and O–H groups in total. The molecule has 0 radical (unpaired) electrons. The Morgan fingerprint density at radius 2 is 2.25 bits per heavy atom. The molecule has 0 bridgehead atoms. The van der Waals surface area contributed by atoms with Crippen molar-refractivity contribution in [2.45, 2.75) is 11.4 Å². The number of carbonyl (C=O) groups excluding carboxylic acids is 2. The maximum atomic E-state index is 14.0. The van der Waals surface area contributed by atoms with Crippen molar-refractivity contribution < 1.29 is 33.1 Å². The van der Waals surface area contributed by atoms with Crippen LogP contribution in [0.3, 0.4) is 0 Å². The van der Waals surface area contributed by atoms with Crippen LogP contribution in [0.15, 0.2) is 27.0 Å². The highest BCUT2D eigenvalue weighted by Crippen LogP contribution is 2.43. The minimum atomic E-state index is -1.38. The van der Waals surface area contributed by atoms with Gasteiger partial charge in [0.05, 0.1) is 0 Å². The average molecular weight is 507 g/mol. The number of anilines is 1. The Balaban J connectivity index is 1.80. The highest BCUT2D eigenvalue weighted by molar-refractivity contribution is 8.08. The van der Waals surface area contributed by atoms with Crippen LogP contribution in [0.1, 0.15) is 5.69 Å². The van der Waals surface area contributed by atoms with E-state index < -0.39 is 51.6 Å². The number of nitrogens with zero attached hydrogens (tertiary/aromatic N) is 3. The molecule has 2 atom stereocenters. The van der Waals surface area contributed by atoms with E-state index in [9.17, 15) is 28.3 Å². The number of hydrogen-bond acceptors (Lipinski definition) is 11. The summed E-state index contributed by atoms with van der Waals surface area (Å²) in [6.45, 7) is -0.341. The third-order valence-corrected chi connectivity index (χ3v) is 7.30. The molecule has 2 aliphatic rings. The topological polar surface area (TPSA) is 173 Å². The molecule has 32 heavy (non-hydrogen) atoms. The number of thiazole rings is 1. The van der Waals surface area contributed by atoms with E-state index >= 15 is 0 Å². The van der Waals surface area contributed by atoms with Gasteiger partial charge in [0.15, 0.2) is 10.8 Å². The number of carboxylic acids is 1. The zero-order valence-electron chi connectivity index (χ0n) is 16.2. The van der Waals surface area contributed by atoms with E-state index in [0.29, 0.717) is 11.3 Å². The number of aliphatic carboxylic acids is 1. The van der Waals surface area contributed by atoms with E-state index in [4.69, 9.17) is 11.5 Å². The summed E-state index contributed by atoms with van der Waals surface area (Å²) in [4.78, 5) is 46.7. The summed E-state index contributed by atoms with van der Waals surface area (Å²) in [7, 11) is 1.14. The molecule has 0 aliphatic carbocycles. The van der Waals surface area contributed by atoms with Crippen molar-refractivity contribution in [1.82, 2.24) is 15.2 Å². The molecule has 3 rings (SSSR count). The molecule has 11 nitrogen and oxygen atoms in total. The number of nitrogens with one attached hydrogen (secondary N) is 1. The lowest BCUT2D eigenvalue weighted by Crippen LogP contribution is -2.71. The predicted molar refractivity (Wildman–Crippen MR) is 116 cm³/mol. The molecule has 0 saturated carbocycles.